The molecule has 20 heavy (non-hydrogen) atoms. The zero-order valence-corrected chi connectivity index (χ0v) is 12.8. The van der Waals surface area contributed by atoms with Crippen LogP contribution >= 0.6 is 28.1 Å². The lowest BCUT2D eigenvalue weighted by molar-refractivity contribution is -0.385. The molecule has 1 N–H and O–H groups in total. The van der Waals surface area contributed by atoms with E-state index in [2.05, 4.69) is 31.2 Å². The summed E-state index contributed by atoms with van der Waals surface area (Å²) in [6, 6.07) is 4.76. The second-order valence-electron chi connectivity index (χ2n) is 3.82. The predicted octanol–water partition coefficient (Wildman–Crippen LogP) is 3.06. The van der Waals surface area contributed by atoms with E-state index in [1.807, 2.05) is 6.92 Å². The maximum atomic E-state index is 10.9. The SMILES string of the molecule is CCc1n[nH]c(=S)n1/N=C\c1ccc(Br)c([N+](=O)[O-])c1. The van der Waals surface area contributed by atoms with Crippen LogP contribution in [0, 0.1) is 14.9 Å². The van der Waals surface area contributed by atoms with E-state index in [-0.39, 0.29) is 5.69 Å². The third-order valence-corrected chi connectivity index (χ3v) is 3.46. The summed E-state index contributed by atoms with van der Waals surface area (Å²) in [5, 5.41) is 21.7. The molecule has 1 aromatic heterocycles. The Kier molecular flexibility index (Phi) is 4.40. The minimum atomic E-state index is -0.456. The minimum Gasteiger partial charge on any atom is -0.258 e. The molecule has 0 aliphatic carbocycles. The lowest BCUT2D eigenvalue weighted by Gasteiger charge is -1.99. The van der Waals surface area contributed by atoms with Gasteiger partial charge in [-0.25, -0.2) is 0 Å². The van der Waals surface area contributed by atoms with E-state index in [4.69, 9.17) is 12.2 Å². The van der Waals surface area contributed by atoms with Crippen LogP contribution in [0.15, 0.2) is 27.8 Å². The normalized spacial score (nSPS) is 11.1. The molecular formula is C11H10BrN5O2S. The maximum absolute atomic E-state index is 10.9. The summed E-state index contributed by atoms with van der Waals surface area (Å²) in [4.78, 5) is 10.4. The third-order valence-electron chi connectivity index (χ3n) is 2.52. The number of hydrogen-bond donors (Lipinski definition) is 1. The number of halogens is 1. The Morgan fingerprint density at radius 1 is 1.65 bits per heavy atom. The molecule has 0 saturated carbocycles. The molecule has 0 fully saturated rings. The fraction of sp³-hybridized carbons (Fsp3) is 0.182. The molecule has 9 heteroatoms. The van der Waals surface area contributed by atoms with Crippen molar-refractivity contribution in [1.29, 1.82) is 0 Å². The van der Waals surface area contributed by atoms with Crippen molar-refractivity contribution >= 4 is 40.0 Å². The van der Waals surface area contributed by atoms with Crippen molar-refractivity contribution in [1.82, 2.24) is 14.9 Å². The van der Waals surface area contributed by atoms with E-state index in [9.17, 15) is 10.1 Å². The fourth-order valence-electron chi connectivity index (χ4n) is 1.55. The lowest BCUT2D eigenvalue weighted by atomic mass is 10.2. The number of nitro benzene ring substituents is 1. The van der Waals surface area contributed by atoms with Gasteiger partial charge in [-0.3, -0.25) is 15.2 Å². The van der Waals surface area contributed by atoms with Crippen molar-refractivity contribution in [3.63, 3.8) is 0 Å². The van der Waals surface area contributed by atoms with E-state index >= 15 is 0 Å². The average molecular weight is 356 g/mol. The molecular weight excluding hydrogens is 346 g/mol. The third kappa shape index (κ3) is 2.99. The second-order valence-corrected chi connectivity index (χ2v) is 5.06. The van der Waals surface area contributed by atoms with Gasteiger partial charge in [0.2, 0.25) is 4.77 Å². The molecule has 0 aliphatic rings. The van der Waals surface area contributed by atoms with Gasteiger partial charge >= 0.3 is 0 Å². The molecule has 0 spiro atoms. The highest BCUT2D eigenvalue weighted by atomic mass is 79.9. The van der Waals surface area contributed by atoms with Crippen LogP contribution in [-0.4, -0.2) is 26.0 Å². The van der Waals surface area contributed by atoms with Gasteiger partial charge in [-0.05, 0) is 34.2 Å². The number of rotatable bonds is 4. The topological polar surface area (TPSA) is 89.1 Å². The molecule has 1 aromatic carbocycles. The van der Waals surface area contributed by atoms with Gasteiger partial charge in [0.05, 0.1) is 15.6 Å². The van der Waals surface area contributed by atoms with Crippen molar-refractivity contribution in [3.8, 4) is 0 Å². The fourth-order valence-corrected chi connectivity index (χ4v) is 2.14. The van der Waals surface area contributed by atoms with Gasteiger partial charge in [0.25, 0.3) is 5.69 Å². The Morgan fingerprint density at radius 2 is 2.40 bits per heavy atom. The second kappa shape index (κ2) is 6.06. The summed E-state index contributed by atoms with van der Waals surface area (Å²) >= 11 is 8.19. The van der Waals surface area contributed by atoms with Crippen molar-refractivity contribution in [2.24, 2.45) is 5.10 Å². The van der Waals surface area contributed by atoms with Gasteiger partial charge in [0.15, 0.2) is 5.82 Å². The Bertz CT molecular complexity index is 737. The summed E-state index contributed by atoms with van der Waals surface area (Å²) in [6.07, 6.45) is 2.18. The Morgan fingerprint density at radius 3 is 3.05 bits per heavy atom. The van der Waals surface area contributed by atoms with Crippen LogP contribution < -0.4 is 0 Å². The summed E-state index contributed by atoms with van der Waals surface area (Å²) in [7, 11) is 0. The highest BCUT2D eigenvalue weighted by Gasteiger charge is 2.11. The highest BCUT2D eigenvalue weighted by molar-refractivity contribution is 9.10. The predicted molar refractivity (Wildman–Crippen MR) is 80.6 cm³/mol. The molecule has 7 nitrogen and oxygen atoms in total. The van der Waals surface area contributed by atoms with Crippen LogP contribution in [0.5, 0.6) is 0 Å². The van der Waals surface area contributed by atoms with E-state index < -0.39 is 4.92 Å². The average Bonchev–Trinajstić information content (AvgIpc) is 2.78. The maximum Gasteiger partial charge on any atom is 0.284 e. The molecule has 2 rings (SSSR count). The minimum absolute atomic E-state index is 0.0135. The number of benzene rings is 1. The number of nitrogens with zero attached hydrogens (tertiary/aromatic N) is 4. The van der Waals surface area contributed by atoms with Crippen molar-refractivity contribution < 1.29 is 4.92 Å². The first-order valence-electron chi connectivity index (χ1n) is 5.67. The molecule has 0 atom stereocenters. The van der Waals surface area contributed by atoms with Gasteiger partial charge in [0, 0.05) is 18.1 Å². The van der Waals surface area contributed by atoms with E-state index in [0.717, 1.165) is 0 Å². The standard InChI is InChI=1S/C11H10BrN5O2S/c1-2-10-14-15-11(20)16(10)13-6-7-3-4-8(12)9(5-7)17(18)19/h3-6H,2H2,1H3,(H,15,20)/b13-6-. The summed E-state index contributed by atoms with van der Waals surface area (Å²) in [5.41, 5.74) is 0.588. The van der Waals surface area contributed by atoms with Crippen LogP contribution in [0.2, 0.25) is 0 Å². The van der Waals surface area contributed by atoms with E-state index in [0.29, 0.717) is 27.1 Å². The van der Waals surface area contributed by atoms with Crippen LogP contribution in [0.3, 0.4) is 0 Å². The smallest absolute Gasteiger partial charge is 0.258 e. The summed E-state index contributed by atoms with van der Waals surface area (Å²) in [6.45, 7) is 1.93. The number of nitro groups is 1. The summed E-state index contributed by atoms with van der Waals surface area (Å²) in [5.74, 6) is 0.692. The lowest BCUT2D eigenvalue weighted by Crippen LogP contribution is -1.98. The number of hydrogen-bond acceptors (Lipinski definition) is 5. The Labute approximate surface area is 127 Å². The molecule has 1 heterocycles. The molecule has 0 aliphatic heterocycles. The van der Waals surface area contributed by atoms with Crippen LogP contribution in [0.1, 0.15) is 18.3 Å². The highest BCUT2D eigenvalue weighted by Crippen LogP contribution is 2.24. The van der Waals surface area contributed by atoms with Gasteiger partial charge in [-0.15, -0.1) is 0 Å². The Hall–Kier alpha value is -1.87. The number of aromatic amines is 1. The zero-order chi connectivity index (χ0) is 14.7. The van der Waals surface area contributed by atoms with Crippen molar-refractivity contribution in [2.45, 2.75) is 13.3 Å². The molecule has 0 amide bonds. The first-order valence-corrected chi connectivity index (χ1v) is 6.87. The number of aryl methyl sites for hydroxylation is 1. The summed E-state index contributed by atoms with van der Waals surface area (Å²) < 4.78 is 2.29. The van der Waals surface area contributed by atoms with Crippen LogP contribution in [-0.2, 0) is 6.42 Å². The van der Waals surface area contributed by atoms with Gasteiger partial charge in [-0.2, -0.15) is 14.9 Å². The zero-order valence-electron chi connectivity index (χ0n) is 10.4. The number of aromatic nitrogens is 3. The van der Waals surface area contributed by atoms with Crippen molar-refractivity contribution in [3.05, 3.63) is 48.9 Å². The van der Waals surface area contributed by atoms with E-state index in [1.54, 1.807) is 12.1 Å². The molecule has 0 saturated heterocycles. The number of H-pyrrole nitrogens is 1. The quantitative estimate of drug-likeness (QED) is 0.395. The Balaban J connectivity index is 2.37. The largest absolute Gasteiger partial charge is 0.284 e. The first kappa shape index (κ1) is 14.5. The van der Waals surface area contributed by atoms with Gasteiger partial charge < -0.3 is 0 Å². The van der Waals surface area contributed by atoms with Crippen molar-refractivity contribution in [2.75, 3.05) is 0 Å². The monoisotopic (exact) mass is 355 g/mol. The molecule has 0 unspecified atom stereocenters. The van der Waals surface area contributed by atoms with Crippen LogP contribution in [0.25, 0.3) is 0 Å². The van der Waals surface area contributed by atoms with E-state index in [1.165, 1.54) is 17.0 Å². The van der Waals surface area contributed by atoms with Crippen LogP contribution in [0.4, 0.5) is 5.69 Å². The molecule has 0 radical (unpaired) electrons. The van der Waals surface area contributed by atoms with Gasteiger partial charge in [-0.1, -0.05) is 13.0 Å². The number of nitrogens with one attached hydrogen (secondary N) is 1. The first-order chi connectivity index (χ1) is 9.52. The molecule has 104 valence electrons. The molecule has 2 aromatic rings. The van der Waals surface area contributed by atoms with Gasteiger partial charge in [0.1, 0.15) is 0 Å². The molecule has 0 bridgehead atoms.